The number of phenolic OH excluding ortho intramolecular Hbond substituents is 1. The van der Waals surface area contributed by atoms with Crippen molar-refractivity contribution in [2.75, 3.05) is 13.3 Å². The number of fused-ring (bicyclic) bond motifs is 2. The second-order valence-corrected chi connectivity index (χ2v) is 7.40. The van der Waals surface area contributed by atoms with Gasteiger partial charge in [0.05, 0.1) is 12.5 Å². The molecule has 5 rings (SSSR count). The Bertz CT molecular complexity index is 1060. The van der Waals surface area contributed by atoms with E-state index in [4.69, 9.17) is 9.47 Å². The number of phenols is 1. The average Bonchev–Trinajstić information content (AvgIpc) is 3.19. The Balaban J connectivity index is 1.56. The molecule has 5 nitrogen and oxygen atoms in total. The Morgan fingerprint density at radius 1 is 1.00 bits per heavy atom. The molecule has 0 fully saturated rings. The van der Waals surface area contributed by atoms with Crippen molar-refractivity contribution in [2.45, 2.75) is 18.9 Å². The first-order valence-electron chi connectivity index (χ1n) is 9.74. The van der Waals surface area contributed by atoms with Crippen LogP contribution in [0.15, 0.2) is 66.7 Å². The lowest BCUT2D eigenvalue weighted by molar-refractivity contribution is -0.132. The highest BCUT2D eigenvalue weighted by Gasteiger charge is 2.34. The molecule has 0 aliphatic carbocycles. The van der Waals surface area contributed by atoms with E-state index in [1.165, 1.54) is 0 Å². The number of amides is 1. The van der Waals surface area contributed by atoms with Gasteiger partial charge in [-0.2, -0.15) is 0 Å². The van der Waals surface area contributed by atoms with Gasteiger partial charge >= 0.3 is 0 Å². The lowest BCUT2D eigenvalue weighted by Crippen LogP contribution is -2.41. The molecule has 2 aliphatic rings. The van der Waals surface area contributed by atoms with Crippen LogP contribution in [-0.4, -0.2) is 29.3 Å². The summed E-state index contributed by atoms with van der Waals surface area (Å²) in [5, 5.41) is 10.1. The van der Waals surface area contributed by atoms with E-state index in [1.807, 2.05) is 59.5 Å². The van der Waals surface area contributed by atoms with Crippen LogP contribution in [0.2, 0.25) is 0 Å². The van der Waals surface area contributed by atoms with Crippen LogP contribution in [0.5, 0.6) is 17.2 Å². The van der Waals surface area contributed by atoms with Crippen molar-refractivity contribution in [1.29, 1.82) is 0 Å². The molecule has 1 N–H and O–H groups in total. The van der Waals surface area contributed by atoms with Gasteiger partial charge < -0.3 is 19.5 Å². The van der Waals surface area contributed by atoms with Crippen LogP contribution < -0.4 is 9.47 Å². The maximum Gasteiger partial charge on any atom is 0.231 e. The summed E-state index contributed by atoms with van der Waals surface area (Å²) in [7, 11) is 0. The van der Waals surface area contributed by atoms with Crippen LogP contribution in [-0.2, 0) is 17.6 Å². The van der Waals surface area contributed by atoms with E-state index in [1.54, 1.807) is 12.1 Å². The first-order valence-corrected chi connectivity index (χ1v) is 9.74. The lowest BCUT2D eigenvalue weighted by Gasteiger charge is -2.38. The van der Waals surface area contributed by atoms with E-state index >= 15 is 0 Å². The first kappa shape index (κ1) is 17.6. The van der Waals surface area contributed by atoms with Gasteiger partial charge in [-0.05, 0) is 52.9 Å². The zero-order valence-electron chi connectivity index (χ0n) is 15.9. The van der Waals surface area contributed by atoms with Gasteiger partial charge in [0, 0.05) is 6.54 Å². The maximum absolute atomic E-state index is 13.3. The largest absolute Gasteiger partial charge is 0.508 e. The third-order valence-electron chi connectivity index (χ3n) is 5.57. The van der Waals surface area contributed by atoms with Crippen molar-refractivity contribution in [3.63, 3.8) is 0 Å². The van der Waals surface area contributed by atoms with Gasteiger partial charge in [-0.15, -0.1) is 0 Å². The summed E-state index contributed by atoms with van der Waals surface area (Å²) in [5.74, 6) is 1.70. The van der Waals surface area contributed by atoms with Gasteiger partial charge in [0.25, 0.3) is 0 Å². The van der Waals surface area contributed by atoms with Crippen molar-refractivity contribution < 1.29 is 19.4 Å². The zero-order valence-corrected chi connectivity index (χ0v) is 15.9. The number of aromatic hydroxyl groups is 1. The Labute approximate surface area is 169 Å². The van der Waals surface area contributed by atoms with Crippen molar-refractivity contribution in [3.05, 3.63) is 89.0 Å². The van der Waals surface area contributed by atoms with E-state index in [0.29, 0.717) is 18.7 Å². The second-order valence-electron chi connectivity index (χ2n) is 7.40. The molecule has 0 bridgehead atoms. The van der Waals surface area contributed by atoms with Gasteiger partial charge in [-0.1, -0.05) is 42.5 Å². The minimum absolute atomic E-state index is 0.0628. The van der Waals surface area contributed by atoms with Crippen molar-refractivity contribution in [1.82, 2.24) is 4.90 Å². The summed E-state index contributed by atoms with van der Waals surface area (Å²) in [6.45, 7) is 0.824. The summed E-state index contributed by atoms with van der Waals surface area (Å²) < 4.78 is 11.1. The van der Waals surface area contributed by atoms with Crippen LogP contribution in [0.1, 0.15) is 28.3 Å². The molecule has 1 unspecified atom stereocenters. The Morgan fingerprint density at radius 3 is 2.59 bits per heavy atom. The molecule has 1 amide bonds. The van der Waals surface area contributed by atoms with Gasteiger partial charge in [0.15, 0.2) is 11.5 Å². The Morgan fingerprint density at radius 2 is 1.79 bits per heavy atom. The fourth-order valence-electron chi connectivity index (χ4n) is 4.20. The normalized spacial score (nSPS) is 17.1. The van der Waals surface area contributed by atoms with Gasteiger partial charge in [0.2, 0.25) is 12.7 Å². The highest BCUT2D eigenvalue weighted by molar-refractivity contribution is 5.80. The number of benzene rings is 3. The predicted molar refractivity (Wildman–Crippen MR) is 108 cm³/mol. The van der Waals surface area contributed by atoms with Crippen LogP contribution in [0.3, 0.4) is 0 Å². The quantitative estimate of drug-likeness (QED) is 0.742. The molecule has 0 spiro atoms. The average molecular weight is 387 g/mol. The Hall–Kier alpha value is -3.47. The molecule has 146 valence electrons. The van der Waals surface area contributed by atoms with E-state index in [-0.39, 0.29) is 24.5 Å². The monoisotopic (exact) mass is 387 g/mol. The Kier molecular flexibility index (Phi) is 4.35. The molecule has 0 radical (unpaired) electrons. The SMILES string of the molecule is O=C(Cc1ccccc1)N1CCc2cc3c(cc2C1c1cccc(O)c1)OCO3. The van der Waals surface area contributed by atoms with Crippen LogP contribution in [0.4, 0.5) is 0 Å². The molecule has 29 heavy (non-hydrogen) atoms. The van der Waals surface area contributed by atoms with E-state index < -0.39 is 0 Å². The highest BCUT2D eigenvalue weighted by Crippen LogP contribution is 2.43. The minimum atomic E-state index is -0.281. The molecule has 0 aromatic heterocycles. The van der Waals surface area contributed by atoms with Crippen LogP contribution in [0, 0.1) is 0 Å². The number of ether oxygens (including phenoxy) is 2. The number of hydrogen-bond acceptors (Lipinski definition) is 4. The fraction of sp³-hybridized carbons (Fsp3) is 0.208. The second kappa shape index (κ2) is 7.17. The predicted octanol–water partition coefficient (Wildman–Crippen LogP) is 3.84. The summed E-state index contributed by atoms with van der Waals surface area (Å²) in [5.41, 5.74) is 4.04. The fourth-order valence-corrected chi connectivity index (χ4v) is 4.20. The summed E-state index contributed by atoms with van der Waals surface area (Å²) in [6, 6.07) is 20.6. The number of carbonyl (C=O) groups is 1. The highest BCUT2D eigenvalue weighted by atomic mass is 16.7. The smallest absolute Gasteiger partial charge is 0.231 e. The van der Waals surface area contributed by atoms with E-state index in [2.05, 4.69) is 0 Å². The lowest BCUT2D eigenvalue weighted by atomic mass is 9.87. The molecular formula is C24H21NO4. The molecule has 3 aromatic rings. The number of hydrogen-bond donors (Lipinski definition) is 1. The van der Waals surface area contributed by atoms with Crippen molar-refractivity contribution in [2.24, 2.45) is 0 Å². The summed E-state index contributed by atoms with van der Waals surface area (Å²) in [4.78, 5) is 15.2. The van der Waals surface area contributed by atoms with Crippen molar-refractivity contribution in [3.8, 4) is 17.2 Å². The first-order chi connectivity index (χ1) is 14.2. The van der Waals surface area contributed by atoms with Gasteiger partial charge in [0.1, 0.15) is 5.75 Å². The molecule has 1 atom stereocenters. The minimum Gasteiger partial charge on any atom is -0.508 e. The van der Waals surface area contributed by atoms with Crippen LogP contribution >= 0.6 is 0 Å². The van der Waals surface area contributed by atoms with Gasteiger partial charge in [-0.3, -0.25) is 4.79 Å². The van der Waals surface area contributed by atoms with E-state index in [0.717, 1.165) is 34.4 Å². The molecule has 0 saturated heterocycles. The number of nitrogens with zero attached hydrogens (tertiary/aromatic N) is 1. The molecule has 5 heteroatoms. The summed E-state index contributed by atoms with van der Waals surface area (Å²) in [6.07, 6.45) is 1.10. The zero-order chi connectivity index (χ0) is 19.8. The third-order valence-corrected chi connectivity index (χ3v) is 5.57. The summed E-state index contributed by atoms with van der Waals surface area (Å²) >= 11 is 0. The van der Waals surface area contributed by atoms with Crippen molar-refractivity contribution >= 4 is 5.91 Å². The topological polar surface area (TPSA) is 59.0 Å². The number of rotatable bonds is 3. The van der Waals surface area contributed by atoms with Crippen LogP contribution in [0.25, 0.3) is 0 Å². The molecule has 2 heterocycles. The molecule has 3 aromatic carbocycles. The third kappa shape index (κ3) is 3.29. The van der Waals surface area contributed by atoms with E-state index in [9.17, 15) is 9.90 Å². The molecular weight excluding hydrogens is 366 g/mol. The molecule has 2 aliphatic heterocycles. The standard InChI is InChI=1S/C24H21NO4/c26-19-8-4-7-18(12-19)24-20-14-22-21(28-15-29-22)13-17(20)9-10-25(24)23(27)11-16-5-2-1-3-6-16/h1-8,12-14,24,26H,9-11,15H2. The maximum atomic E-state index is 13.3. The number of carbonyl (C=O) groups excluding carboxylic acids is 1. The molecule has 0 saturated carbocycles. The van der Waals surface area contributed by atoms with Gasteiger partial charge in [-0.25, -0.2) is 0 Å².